The predicted molar refractivity (Wildman–Crippen MR) is 71.8 cm³/mol. The fraction of sp³-hybridized carbons (Fsp3) is 0.500. The second-order valence-electron chi connectivity index (χ2n) is 5.10. The fourth-order valence-corrected chi connectivity index (χ4v) is 2.64. The molecule has 0 aromatic carbocycles. The maximum atomic E-state index is 12.0. The van der Waals surface area contributed by atoms with Gasteiger partial charge in [-0.15, -0.1) is 0 Å². The van der Waals surface area contributed by atoms with Gasteiger partial charge < -0.3 is 4.90 Å². The molecule has 0 bridgehead atoms. The van der Waals surface area contributed by atoms with E-state index in [1.807, 2.05) is 35.5 Å². The number of rotatable bonds is 2. The van der Waals surface area contributed by atoms with Crippen molar-refractivity contribution in [3.8, 4) is 0 Å². The molecule has 0 spiro atoms. The standard InChI is InChI=1S/C14H18N4O/c1-3-4-14(19)17-6-5-12-11(9-17)8-15-13-7-10(2)16-18(12)13/h7-8H,3-6,9H2,1-2H3. The van der Waals surface area contributed by atoms with E-state index in [9.17, 15) is 4.79 Å². The Morgan fingerprint density at radius 3 is 3.11 bits per heavy atom. The molecule has 0 N–H and O–H groups in total. The maximum Gasteiger partial charge on any atom is 0.222 e. The van der Waals surface area contributed by atoms with Crippen molar-refractivity contribution < 1.29 is 4.79 Å². The van der Waals surface area contributed by atoms with Crippen molar-refractivity contribution in [1.82, 2.24) is 19.5 Å². The molecule has 1 aliphatic rings. The lowest BCUT2D eigenvalue weighted by molar-refractivity contribution is -0.132. The molecule has 19 heavy (non-hydrogen) atoms. The SMILES string of the molecule is CCCC(=O)N1CCc2c(cnc3cc(C)nn23)C1. The summed E-state index contributed by atoms with van der Waals surface area (Å²) in [6.07, 6.45) is 4.27. The zero-order valence-electron chi connectivity index (χ0n) is 11.4. The first-order chi connectivity index (χ1) is 9.19. The monoisotopic (exact) mass is 258 g/mol. The Balaban J connectivity index is 1.93. The summed E-state index contributed by atoms with van der Waals surface area (Å²) in [5, 5.41) is 4.48. The van der Waals surface area contributed by atoms with Crippen LogP contribution in [0.5, 0.6) is 0 Å². The lowest BCUT2D eigenvalue weighted by atomic mass is 10.1. The van der Waals surface area contributed by atoms with Crippen molar-refractivity contribution in [2.24, 2.45) is 0 Å². The first kappa shape index (κ1) is 12.1. The highest BCUT2D eigenvalue weighted by atomic mass is 16.2. The molecular weight excluding hydrogens is 240 g/mol. The summed E-state index contributed by atoms with van der Waals surface area (Å²) >= 11 is 0. The number of carbonyl (C=O) groups is 1. The highest BCUT2D eigenvalue weighted by Gasteiger charge is 2.22. The van der Waals surface area contributed by atoms with Crippen LogP contribution >= 0.6 is 0 Å². The van der Waals surface area contributed by atoms with Gasteiger partial charge in [0.1, 0.15) is 0 Å². The van der Waals surface area contributed by atoms with Crippen molar-refractivity contribution in [2.45, 2.75) is 39.7 Å². The minimum absolute atomic E-state index is 0.241. The van der Waals surface area contributed by atoms with Gasteiger partial charge in [0.05, 0.1) is 11.4 Å². The average Bonchev–Trinajstić information content (AvgIpc) is 2.79. The first-order valence-electron chi connectivity index (χ1n) is 6.80. The van der Waals surface area contributed by atoms with Crippen LogP contribution in [0.4, 0.5) is 0 Å². The highest BCUT2D eigenvalue weighted by Crippen LogP contribution is 2.20. The van der Waals surface area contributed by atoms with E-state index in [0.717, 1.165) is 36.3 Å². The summed E-state index contributed by atoms with van der Waals surface area (Å²) in [4.78, 5) is 18.3. The van der Waals surface area contributed by atoms with Gasteiger partial charge in [-0.05, 0) is 13.3 Å². The molecule has 0 fully saturated rings. The van der Waals surface area contributed by atoms with Crippen molar-refractivity contribution in [2.75, 3.05) is 6.54 Å². The Labute approximate surface area is 112 Å². The average molecular weight is 258 g/mol. The molecule has 3 heterocycles. The van der Waals surface area contributed by atoms with E-state index in [1.165, 1.54) is 5.69 Å². The number of carbonyl (C=O) groups excluding carboxylic acids is 1. The van der Waals surface area contributed by atoms with Gasteiger partial charge in [0.2, 0.25) is 5.91 Å². The molecule has 5 nitrogen and oxygen atoms in total. The van der Waals surface area contributed by atoms with Gasteiger partial charge in [0.25, 0.3) is 0 Å². The summed E-state index contributed by atoms with van der Waals surface area (Å²) in [6, 6.07) is 1.98. The molecule has 100 valence electrons. The molecule has 0 aliphatic carbocycles. The van der Waals surface area contributed by atoms with Crippen LogP contribution in [0, 0.1) is 6.92 Å². The Bertz CT molecular complexity index is 632. The minimum Gasteiger partial charge on any atom is -0.338 e. The van der Waals surface area contributed by atoms with Crippen LogP contribution in [0.2, 0.25) is 0 Å². The molecular formula is C14H18N4O. The van der Waals surface area contributed by atoms with Crippen LogP contribution in [-0.2, 0) is 17.8 Å². The second-order valence-corrected chi connectivity index (χ2v) is 5.10. The molecule has 0 saturated heterocycles. The number of fused-ring (bicyclic) bond motifs is 3. The summed E-state index contributed by atoms with van der Waals surface area (Å²) < 4.78 is 1.92. The number of amides is 1. The molecule has 5 heteroatoms. The van der Waals surface area contributed by atoms with Gasteiger partial charge in [0, 0.05) is 43.8 Å². The molecule has 1 amide bonds. The third-order valence-electron chi connectivity index (χ3n) is 3.59. The van der Waals surface area contributed by atoms with Crippen LogP contribution in [0.1, 0.15) is 36.7 Å². The molecule has 0 unspecified atom stereocenters. The zero-order valence-corrected chi connectivity index (χ0v) is 11.4. The number of aryl methyl sites for hydroxylation is 1. The van der Waals surface area contributed by atoms with Gasteiger partial charge >= 0.3 is 0 Å². The maximum absolute atomic E-state index is 12.0. The first-order valence-corrected chi connectivity index (χ1v) is 6.80. The molecule has 3 rings (SSSR count). The lowest BCUT2D eigenvalue weighted by Gasteiger charge is -2.28. The van der Waals surface area contributed by atoms with E-state index in [0.29, 0.717) is 13.0 Å². The summed E-state index contributed by atoms with van der Waals surface area (Å²) in [5.74, 6) is 0.241. The van der Waals surface area contributed by atoms with E-state index in [-0.39, 0.29) is 5.91 Å². The Hall–Kier alpha value is -1.91. The van der Waals surface area contributed by atoms with E-state index >= 15 is 0 Å². The Kier molecular flexibility index (Phi) is 2.97. The lowest BCUT2D eigenvalue weighted by Crippen LogP contribution is -2.36. The largest absolute Gasteiger partial charge is 0.338 e. The summed E-state index contributed by atoms with van der Waals surface area (Å²) in [5.41, 5.74) is 4.18. The number of hydrogen-bond donors (Lipinski definition) is 0. The molecule has 2 aromatic rings. The number of hydrogen-bond acceptors (Lipinski definition) is 3. The van der Waals surface area contributed by atoms with Crippen LogP contribution in [0.15, 0.2) is 12.3 Å². The highest BCUT2D eigenvalue weighted by molar-refractivity contribution is 5.76. The summed E-state index contributed by atoms with van der Waals surface area (Å²) in [6.45, 7) is 5.45. The van der Waals surface area contributed by atoms with E-state index in [4.69, 9.17) is 0 Å². The normalized spacial score (nSPS) is 14.7. The topological polar surface area (TPSA) is 50.5 Å². The minimum atomic E-state index is 0.241. The van der Waals surface area contributed by atoms with Crippen molar-refractivity contribution >= 4 is 11.6 Å². The van der Waals surface area contributed by atoms with Gasteiger partial charge in [-0.1, -0.05) is 6.92 Å². The number of aromatic nitrogens is 3. The third kappa shape index (κ3) is 2.09. The Morgan fingerprint density at radius 1 is 1.47 bits per heavy atom. The predicted octanol–water partition coefficient (Wildman–Crippen LogP) is 1.72. The van der Waals surface area contributed by atoms with Crippen LogP contribution < -0.4 is 0 Å². The second kappa shape index (κ2) is 4.64. The van der Waals surface area contributed by atoms with Crippen molar-refractivity contribution in [1.29, 1.82) is 0 Å². The zero-order chi connectivity index (χ0) is 13.4. The van der Waals surface area contributed by atoms with E-state index in [2.05, 4.69) is 10.1 Å². The van der Waals surface area contributed by atoms with E-state index in [1.54, 1.807) is 0 Å². The quantitative estimate of drug-likeness (QED) is 0.824. The molecule has 0 atom stereocenters. The van der Waals surface area contributed by atoms with Gasteiger partial charge in [0.15, 0.2) is 5.65 Å². The van der Waals surface area contributed by atoms with Crippen LogP contribution in [-0.4, -0.2) is 31.9 Å². The van der Waals surface area contributed by atoms with Crippen LogP contribution in [0.3, 0.4) is 0 Å². The molecule has 2 aromatic heterocycles. The van der Waals surface area contributed by atoms with Crippen molar-refractivity contribution in [3.63, 3.8) is 0 Å². The van der Waals surface area contributed by atoms with Gasteiger partial charge in [-0.2, -0.15) is 5.10 Å². The number of nitrogens with zero attached hydrogens (tertiary/aromatic N) is 4. The van der Waals surface area contributed by atoms with E-state index < -0.39 is 0 Å². The molecule has 1 aliphatic heterocycles. The fourth-order valence-electron chi connectivity index (χ4n) is 2.64. The van der Waals surface area contributed by atoms with Crippen molar-refractivity contribution in [3.05, 3.63) is 29.2 Å². The Morgan fingerprint density at radius 2 is 2.32 bits per heavy atom. The van der Waals surface area contributed by atoms with Crippen LogP contribution in [0.25, 0.3) is 5.65 Å². The third-order valence-corrected chi connectivity index (χ3v) is 3.59. The van der Waals surface area contributed by atoms with Gasteiger partial charge in [-0.25, -0.2) is 9.50 Å². The smallest absolute Gasteiger partial charge is 0.222 e. The molecule has 0 saturated carbocycles. The van der Waals surface area contributed by atoms with Gasteiger partial charge in [-0.3, -0.25) is 4.79 Å². The summed E-state index contributed by atoms with van der Waals surface area (Å²) in [7, 11) is 0. The molecule has 0 radical (unpaired) electrons.